The number of anilines is 1. The number of hydrogen-bond donors (Lipinski definition) is 2. The highest BCUT2D eigenvalue weighted by Gasteiger charge is 2.19. The van der Waals surface area contributed by atoms with Crippen molar-refractivity contribution in [3.05, 3.63) is 45.4 Å². The predicted octanol–water partition coefficient (Wildman–Crippen LogP) is 2.43. The molecule has 1 aromatic heterocycles. The Labute approximate surface area is 148 Å². The number of rotatable bonds is 7. The molecule has 0 aliphatic rings. The third kappa shape index (κ3) is 5.42. The Hall–Kier alpha value is -1.20. The second-order valence-corrected chi connectivity index (χ2v) is 10.2. The van der Waals surface area contributed by atoms with Crippen molar-refractivity contribution in [1.82, 2.24) is 4.72 Å². The van der Waals surface area contributed by atoms with Gasteiger partial charge in [-0.05, 0) is 36.8 Å². The first-order valence-electron chi connectivity index (χ1n) is 6.58. The third-order valence-electron chi connectivity index (χ3n) is 2.82. The van der Waals surface area contributed by atoms with Crippen LogP contribution >= 0.6 is 22.9 Å². The Morgan fingerprint density at radius 1 is 1.17 bits per heavy atom. The van der Waals surface area contributed by atoms with Crippen molar-refractivity contribution in [2.24, 2.45) is 0 Å². The van der Waals surface area contributed by atoms with Crippen molar-refractivity contribution < 1.29 is 21.2 Å². The lowest BCUT2D eigenvalue weighted by Crippen LogP contribution is -2.26. The van der Waals surface area contributed by atoms with Gasteiger partial charge in [0.1, 0.15) is 10.7 Å². The highest BCUT2D eigenvalue weighted by atomic mass is 35.5. The number of sulfonamides is 2. The van der Waals surface area contributed by atoms with Crippen LogP contribution in [0.3, 0.4) is 0 Å². The van der Waals surface area contributed by atoms with Gasteiger partial charge in [0, 0.05) is 11.4 Å². The molecule has 2 rings (SSSR count). The summed E-state index contributed by atoms with van der Waals surface area (Å²) < 4.78 is 65.4. The van der Waals surface area contributed by atoms with Crippen LogP contribution in [-0.2, 0) is 26.5 Å². The van der Waals surface area contributed by atoms with Crippen LogP contribution in [-0.4, -0.2) is 29.6 Å². The minimum atomic E-state index is -4.05. The molecule has 2 N–H and O–H groups in total. The summed E-state index contributed by atoms with van der Waals surface area (Å²) in [5.41, 5.74) is -0.0535. The van der Waals surface area contributed by atoms with E-state index in [0.717, 1.165) is 23.3 Å². The molecular formula is C13H14ClFN2O4S3. The fourth-order valence-electron chi connectivity index (χ4n) is 1.87. The van der Waals surface area contributed by atoms with Gasteiger partial charge in [-0.15, -0.1) is 11.3 Å². The lowest BCUT2D eigenvalue weighted by Gasteiger charge is -2.09. The Morgan fingerprint density at radius 3 is 2.42 bits per heavy atom. The molecule has 24 heavy (non-hydrogen) atoms. The van der Waals surface area contributed by atoms with Crippen LogP contribution in [0.15, 0.2) is 35.2 Å². The lowest BCUT2D eigenvalue weighted by atomic mass is 10.3. The molecule has 1 heterocycles. The zero-order valence-electron chi connectivity index (χ0n) is 12.4. The van der Waals surface area contributed by atoms with Gasteiger partial charge in [0.05, 0.1) is 16.3 Å². The lowest BCUT2D eigenvalue weighted by molar-refractivity contribution is 0.557. The summed E-state index contributed by atoms with van der Waals surface area (Å²) in [5, 5.41) is 0. The van der Waals surface area contributed by atoms with Gasteiger partial charge in [-0.3, -0.25) is 4.72 Å². The van der Waals surface area contributed by atoms with E-state index in [1.807, 2.05) is 0 Å². The van der Waals surface area contributed by atoms with Crippen molar-refractivity contribution >= 4 is 48.7 Å². The Kier molecular flexibility index (Phi) is 5.87. The maximum Gasteiger partial charge on any atom is 0.243 e. The van der Waals surface area contributed by atoms with Crippen molar-refractivity contribution in [1.29, 1.82) is 0 Å². The van der Waals surface area contributed by atoms with E-state index in [4.69, 9.17) is 11.6 Å². The largest absolute Gasteiger partial charge is 0.284 e. The zero-order chi connectivity index (χ0) is 18.0. The highest BCUT2D eigenvalue weighted by Crippen LogP contribution is 2.22. The molecular weight excluding hydrogens is 399 g/mol. The minimum absolute atomic E-state index is 0.0535. The molecule has 0 aliphatic carbocycles. The van der Waals surface area contributed by atoms with Crippen LogP contribution in [0.5, 0.6) is 0 Å². The number of nitrogens with one attached hydrogen (secondary N) is 2. The Balaban J connectivity index is 2.08. The van der Waals surface area contributed by atoms with Gasteiger partial charge in [-0.2, -0.15) is 0 Å². The van der Waals surface area contributed by atoms with Crippen molar-refractivity contribution in [3.63, 3.8) is 0 Å². The molecule has 0 amide bonds. The van der Waals surface area contributed by atoms with Gasteiger partial charge in [-0.1, -0.05) is 11.6 Å². The first kappa shape index (κ1) is 19.1. The van der Waals surface area contributed by atoms with Crippen molar-refractivity contribution in [2.45, 2.75) is 11.3 Å². The Morgan fingerprint density at radius 2 is 1.88 bits per heavy atom. The van der Waals surface area contributed by atoms with E-state index in [2.05, 4.69) is 9.44 Å². The fraction of sp³-hybridized carbons (Fsp3) is 0.231. The van der Waals surface area contributed by atoms with Crippen LogP contribution in [0.25, 0.3) is 0 Å². The zero-order valence-corrected chi connectivity index (χ0v) is 15.6. The molecule has 0 saturated carbocycles. The summed E-state index contributed by atoms with van der Waals surface area (Å²) in [7, 11) is -7.62. The van der Waals surface area contributed by atoms with E-state index in [-0.39, 0.29) is 12.2 Å². The standard InChI is InChI=1S/C13H14ClFN2O4S3/c1-23(18,19)17-9-2-4-12(11(15)8-9)24(20,21)16-7-6-10-3-5-13(14)22-10/h2-5,8,16-17H,6-7H2,1H3. The van der Waals surface area contributed by atoms with Gasteiger partial charge < -0.3 is 0 Å². The Bertz CT molecular complexity index is 942. The molecule has 11 heteroatoms. The molecule has 0 spiro atoms. The van der Waals surface area contributed by atoms with E-state index in [1.165, 1.54) is 17.4 Å². The summed E-state index contributed by atoms with van der Waals surface area (Å²) >= 11 is 7.12. The van der Waals surface area contributed by atoms with E-state index >= 15 is 0 Å². The molecule has 0 radical (unpaired) electrons. The first-order valence-corrected chi connectivity index (χ1v) is 11.1. The molecule has 0 atom stereocenters. The van der Waals surface area contributed by atoms with E-state index < -0.39 is 30.8 Å². The van der Waals surface area contributed by atoms with Crippen LogP contribution in [0.4, 0.5) is 10.1 Å². The maximum absolute atomic E-state index is 14.0. The third-order valence-corrected chi connectivity index (χ3v) is 6.21. The van der Waals surface area contributed by atoms with Gasteiger partial charge in [0.15, 0.2) is 0 Å². The summed E-state index contributed by atoms with van der Waals surface area (Å²) in [4.78, 5) is 0.349. The highest BCUT2D eigenvalue weighted by molar-refractivity contribution is 7.92. The van der Waals surface area contributed by atoms with E-state index in [1.54, 1.807) is 12.1 Å². The maximum atomic E-state index is 14.0. The van der Waals surface area contributed by atoms with E-state index in [0.29, 0.717) is 10.8 Å². The van der Waals surface area contributed by atoms with Gasteiger partial charge in [0.25, 0.3) is 0 Å². The molecule has 0 bridgehead atoms. The average molecular weight is 413 g/mol. The number of hydrogen-bond acceptors (Lipinski definition) is 5. The second kappa shape index (κ2) is 7.36. The van der Waals surface area contributed by atoms with Crippen LogP contribution < -0.4 is 9.44 Å². The molecule has 1 aromatic carbocycles. The summed E-state index contributed by atoms with van der Waals surface area (Å²) in [6.07, 6.45) is 1.33. The van der Waals surface area contributed by atoms with Crippen LogP contribution in [0.1, 0.15) is 4.88 Å². The quantitative estimate of drug-likeness (QED) is 0.730. The summed E-state index contributed by atoms with van der Waals surface area (Å²) in [6, 6.07) is 6.50. The minimum Gasteiger partial charge on any atom is -0.284 e. The number of thiophene rings is 1. The number of halogens is 2. The average Bonchev–Trinajstić information content (AvgIpc) is 2.82. The second-order valence-electron chi connectivity index (χ2n) is 4.87. The smallest absolute Gasteiger partial charge is 0.243 e. The molecule has 0 aliphatic heterocycles. The first-order chi connectivity index (χ1) is 11.1. The molecule has 0 saturated heterocycles. The van der Waals surface area contributed by atoms with Crippen molar-refractivity contribution in [3.8, 4) is 0 Å². The summed E-state index contributed by atoms with van der Waals surface area (Å²) in [6.45, 7) is 0.0853. The van der Waals surface area contributed by atoms with E-state index in [9.17, 15) is 21.2 Å². The topological polar surface area (TPSA) is 92.3 Å². The summed E-state index contributed by atoms with van der Waals surface area (Å²) in [5.74, 6) is -1.05. The predicted molar refractivity (Wildman–Crippen MR) is 93.1 cm³/mol. The normalized spacial score (nSPS) is 12.3. The molecule has 6 nitrogen and oxygen atoms in total. The van der Waals surface area contributed by atoms with Crippen molar-refractivity contribution in [2.75, 3.05) is 17.5 Å². The fourth-order valence-corrected chi connectivity index (χ4v) is 4.60. The molecule has 2 aromatic rings. The monoisotopic (exact) mass is 412 g/mol. The van der Waals surface area contributed by atoms with Gasteiger partial charge in [-0.25, -0.2) is 25.9 Å². The molecule has 0 fully saturated rings. The van der Waals surface area contributed by atoms with Gasteiger partial charge >= 0.3 is 0 Å². The molecule has 0 unspecified atom stereocenters. The van der Waals surface area contributed by atoms with Crippen LogP contribution in [0, 0.1) is 5.82 Å². The van der Waals surface area contributed by atoms with Crippen LogP contribution in [0.2, 0.25) is 4.34 Å². The number of benzene rings is 1. The van der Waals surface area contributed by atoms with Gasteiger partial charge in [0.2, 0.25) is 20.0 Å². The molecule has 132 valence electrons. The SMILES string of the molecule is CS(=O)(=O)Nc1ccc(S(=O)(=O)NCCc2ccc(Cl)s2)c(F)c1.